The molecule has 0 aliphatic carbocycles. The van der Waals surface area contributed by atoms with Gasteiger partial charge in [-0.3, -0.25) is 4.79 Å². The van der Waals surface area contributed by atoms with Crippen molar-refractivity contribution in [2.45, 2.75) is 6.42 Å². The minimum absolute atomic E-state index is 0.00599. The molecule has 1 nitrogen and oxygen atoms in total. The van der Waals surface area contributed by atoms with E-state index < -0.39 is 5.82 Å². The number of Topliss-reactive ketones (excluding diaryl/α,β-unsaturated/α-hetero) is 1. The Hall–Kier alpha value is -0.900. The van der Waals surface area contributed by atoms with Gasteiger partial charge in [0.2, 0.25) is 0 Å². The Morgan fingerprint density at radius 3 is 2.71 bits per heavy atom. The van der Waals surface area contributed by atoms with Gasteiger partial charge >= 0.3 is 0 Å². The lowest BCUT2D eigenvalue weighted by atomic mass is 10.1. The molecule has 0 aliphatic heterocycles. The molecule has 2 aromatic rings. The molecule has 1 aromatic carbocycles. The zero-order valence-corrected chi connectivity index (χ0v) is 10.9. The number of carbonyl (C=O) groups is 1. The predicted octanol–water partition coefficient (Wildman–Crippen LogP) is 4.62. The van der Waals surface area contributed by atoms with Crippen LogP contribution < -0.4 is 0 Å². The highest BCUT2D eigenvalue weighted by molar-refractivity contribution is 7.12. The summed E-state index contributed by atoms with van der Waals surface area (Å²) in [4.78, 5) is 12.4. The van der Waals surface area contributed by atoms with Crippen molar-refractivity contribution in [2.75, 3.05) is 0 Å². The van der Waals surface area contributed by atoms with Crippen molar-refractivity contribution >= 4 is 40.3 Å². The van der Waals surface area contributed by atoms with Crippen LogP contribution in [0.3, 0.4) is 0 Å². The van der Waals surface area contributed by atoms with Crippen molar-refractivity contribution in [3.8, 4) is 0 Å². The fourth-order valence-electron chi connectivity index (χ4n) is 1.43. The van der Waals surface area contributed by atoms with Gasteiger partial charge in [-0.1, -0.05) is 35.3 Å². The van der Waals surface area contributed by atoms with Crippen LogP contribution in [0.25, 0.3) is 0 Å². The number of halogens is 3. The fourth-order valence-corrected chi connectivity index (χ4v) is 2.72. The van der Waals surface area contributed by atoms with Gasteiger partial charge in [-0.2, -0.15) is 0 Å². The van der Waals surface area contributed by atoms with Crippen LogP contribution in [0.1, 0.15) is 15.2 Å². The van der Waals surface area contributed by atoms with Gasteiger partial charge in [0, 0.05) is 6.42 Å². The predicted molar refractivity (Wildman–Crippen MR) is 68.8 cm³/mol. The van der Waals surface area contributed by atoms with Crippen LogP contribution in [0, 0.1) is 5.82 Å². The van der Waals surface area contributed by atoms with Crippen molar-refractivity contribution in [1.29, 1.82) is 0 Å². The molecule has 2 rings (SSSR count). The van der Waals surface area contributed by atoms with E-state index in [4.69, 9.17) is 23.2 Å². The molecular formula is C12H7Cl2FOS. The van der Waals surface area contributed by atoms with E-state index in [-0.39, 0.29) is 17.2 Å². The third kappa shape index (κ3) is 2.68. The average Bonchev–Trinajstić information content (AvgIpc) is 2.71. The molecule has 88 valence electrons. The summed E-state index contributed by atoms with van der Waals surface area (Å²) in [7, 11) is 0. The molecule has 17 heavy (non-hydrogen) atoms. The Bertz CT molecular complexity index is 565. The quantitative estimate of drug-likeness (QED) is 0.753. The molecule has 1 aromatic heterocycles. The topological polar surface area (TPSA) is 17.1 Å². The second kappa shape index (κ2) is 5.17. The van der Waals surface area contributed by atoms with Crippen molar-refractivity contribution < 1.29 is 9.18 Å². The molecule has 0 aliphatic rings. The van der Waals surface area contributed by atoms with Crippen LogP contribution in [0.4, 0.5) is 4.39 Å². The number of rotatable bonds is 3. The molecule has 5 heteroatoms. The summed E-state index contributed by atoms with van der Waals surface area (Å²) in [6.07, 6.45) is 0.0524. The highest BCUT2D eigenvalue weighted by Gasteiger charge is 2.15. The van der Waals surface area contributed by atoms with Gasteiger partial charge in [0.05, 0.1) is 14.9 Å². The smallest absolute Gasteiger partial charge is 0.178 e. The Morgan fingerprint density at radius 2 is 2.06 bits per heavy atom. The van der Waals surface area contributed by atoms with Gasteiger partial charge < -0.3 is 0 Å². The lowest BCUT2D eigenvalue weighted by molar-refractivity contribution is 0.0997. The summed E-state index contributed by atoms with van der Waals surface area (Å²) in [6.45, 7) is 0. The first-order chi connectivity index (χ1) is 8.09. The van der Waals surface area contributed by atoms with E-state index in [1.807, 2.05) is 0 Å². The highest BCUT2D eigenvalue weighted by Crippen LogP contribution is 2.26. The van der Waals surface area contributed by atoms with Gasteiger partial charge in [-0.05, 0) is 23.1 Å². The molecule has 0 bridgehead atoms. The lowest BCUT2D eigenvalue weighted by Gasteiger charge is -2.03. The molecule has 0 saturated carbocycles. The Morgan fingerprint density at radius 1 is 1.29 bits per heavy atom. The Kier molecular flexibility index (Phi) is 3.82. The second-order valence-corrected chi connectivity index (χ2v) is 5.11. The van der Waals surface area contributed by atoms with Crippen molar-refractivity contribution in [2.24, 2.45) is 0 Å². The van der Waals surface area contributed by atoms with E-state index in [9.17, 15) is 9.18 Å². The van der Waals surface area contributed by atoms with Crippen molar-refractivity contribution in [3.05, 3.63) is 55.9 Å². The van der Waals surface area contributed by atoms with Gasteiger partial charge in [-0.15, -0.1) is 11.3 Å². The third-order valence-electron chi connectivity index (χ3n) is 2.25. The molecule has 0 N–H and O–H groups in total. The summed E-state index contributed by atoms with van der Waals surface area (Å²) in [5.41, 5.74) is 0.473. The molecule has 0 fully saturated rings. The average molecular weight is 289 g/mol. The monoisotopic (exact) mass is 288 g/mol. The van der Waals surface area contributed by atoms with Gasteiger partial charge in [-0.25, -0.2) is 4.39 Å². The van der Waals surface area contributed by atoms with Crippen LogP contribution in [0.5, 0.6) is 0 Å². The summed E-state index contributed by atoms with van der Waals surface area (Å²) in [5, 5.41) is 2.16. The maximum atomic E-state index is 13.2. The summed E-state index contributed by atoms with van der Waals surface area (Å²) in [5.74, 6) is -0.674. The van der Waals surface area contributed by atoms with E-state index >= 15 is 0 Å². The maximum Gasteiger partial charge on any atom is 0.178 e. The van der Waals surface area contributed by atoms with E-state index in [0.717, 1.165) is 0 Å². The zero-order valence-electron chi connectivity index (χ0n) is 8.54. The van der Waals surface area contributed by atoms with Crippen LogP contribution in [-0.4, -0.2) is 5.78 Å². The summed E-state index contributed by atoms with van der Waals surface area (Å²) < 4.78 is 13.2. The molecule has 0 saturated heterocycles. The maximum absolute atomic E-state index is 13.2. The number of benzene rings is 1. The number of carbonyl (C=O) groups excluding carboxylic acids is 1. The normalized spacial score (nSPS) is 10.5. The lowest BCUT2D eigenvalue weighted by Crippen LogP contribution is -2.03. The van der Waals surface area contributed by atoms with Crippen molar-refractivity contribution in [1.82, 2.24) is 0 Å². The second-order valence-electron chi connectivity index (χ2n) is 3.41. The van der Waals surface area contributed by atoms with Crippen LogP contribution >= 0.6 is 34.5 Å². The SMILES string of the molecule is O=C(Cc1cccc(F)c1Cl)c1sccc1Cl. The van der Waals surface area contributed by atoms with Gasteiger partial charge in [0.1, 0.15) is 5.82 Å². The third-order valence-corrected chi connectivity index (χ3v) is 4.06. The first-order valence-corrected chi connectivity index (χ1v) is 6.42. The van der Waals surface area contributed by atoms with E-state index in [0.29, 0.717) is 15.5 Å². The molecule has 1 heterocycles. The first kappa shape index (κ1) is 12.6. The minimum atomic E-state index is -0.519. The standard InChI is InChI=1S/C12H7Cl2FOS/c13-8-4-5-17-12(8)10(16)6-7-2-1-3-9(15)11(7)14/h1-5H,6H2. The summed E-state index contributed by atoms with van der Waals surface area (Å²) in [6, 6.07) is 6.08. The Labute approximate surface area is 112 Å². The van der Waals surface area contributed by atoms with Gasteiger partial charge in [0.25, 0.3) is 0 Å². The van der Waals surface area contributed by atoms with Crippen LogP contribution in [0.2, 0.25) is 10.0 Å². The number of thiophene rings is 1. The van der Waals surface area contributed by atoms with Gasteiger partial charge in [0.15, 0.2) is 5.78 Å². The molecule has 0 unspecified atom stereocenters. The molecule has 0 atom stereocenters. The minimum Gasteiger partial charge on any atom is -0.293 e. The highest BCUT2D eigenvalue weighted by atomic mass is 35.5. The van der Waals surface area contributed by atoms with Crippen LogP contribution in [-0.2, 0) is 6.42 Å². The largest absolute Gasteiger partial charge is 0.293 e. The number of ketones is 1. The molecular weight excluding hydrogens is 282 g/mol. The Balaban J connectivity index is 2.25. The fraction of sp³-hybridized carbons (Fsp3) is 0.0833. The first-order valence-electron chi connectivity index (χ1n) is 4.78. The van der Waals surface area contributed by atoms with E-state index in [2.05, 4.69) is 0 Å². The zero-order chi connectivity index (χ0) is 12.4. The summed E-state index contributed by atoms with van der Waals surface area (Å²) >= 11 is 12.9. The number of hydrogen-bond donors (Lipinski definition) is 0. The van der Waals surface area contributed by atoms with E-state index in [1.54, 1.807) is 17.5 Å². The molecule has 0 spiro atoms. The molecule has 0 amide bonds. The number of hydrogen-bond acceptors (Lipinski definition) is 2. The van der Waals surface area contributed by atoms with Crippen LogP contribution in [0.15, 0.2) is 29.6 Å². The van der Waals surface area contributed by atoms with Crippen molar-refractivity contribution in [3.63, 3.8) is 0 Å². The van der Waals surface area contributed by atoms with E-state index in [1.165, 1.54) is 23.5 Å². The molecule has 0 radical (unpaired) electrons.